The van der Waals surface area contributed by atoms with Gasteiger partial charge in [-0.05, 0) is 12.1 Å². The van der Waals surface area contributed by atoms with Crippen molar-refractivity contribution < 1.29 is 39.5 Å². The number of nitrogens with zero attached hydrogens (tertiary/aromatic N) is 5. The molecule has 1 aromatic heterocycles. The molecule has 2 rings (SSSR count). The van der Waals surface area contributed by atoms with Crippen LogP contribution in [-0.2, 0) is 18.5 Å². The number of hydrogen-bond acceptors (Lipinski definition) is 5. The lowest BCUT2D eigenvalue weighted by Gasteiger charge is -2.16. The molecule has 0 saturated carbocycles. The highest BCUT2D eigenvalue weighted by molar-refractivity contribution is 6.37. The molecule has 0 aliphatic rings. The topological polar surface area (TPSA) is 104 Å². The Balaban J connectivity index is 2.99. The van der Waals surface area contributed by atoms with Crippen molar-refractivity contribution in [2.24, 2.45) is 10.7 Å². The van der Waals surface area contributed by atoms with Crippen molar-refractivity contribution in [1.29, 1.82) is 10.5 Å². The number of hydrogen-bond donors (Lipinski definition) is 1. The molecule has 1 heterocycles. The van der Waals surface area contributed by atoms with Gasteiger partial charge in [-0.3, -0.25) is 0 Å². The molecule has 0 aliphatic heterocycles. The third-order valence-electron chi connectivity index (χ3n) is 3.82. The zero-order chi connectivity index (χ0) is 26.2. The Morgan fingerprint density at radius 3 is 1.85 bits per heavy atom. The van der Waals surface area contributed by atoms with Crippen LogP contribution in [0.3, 0.4) is 0 Å². The van der Waals surface area contributed by atoms with Gasteiger partial charge in [0.05, 0.1) is 21.2 Å². The van der Waals surface area contributed by atoms with Crippen LogP contribution in [0.5, 0.6) is 0 Å². The fourth-order valence-corrected chi connectivity index (χ4v) is 3.12. The summed E-state index contributed by atoms with van der Waals surface area (Å²) in [6, 6.07) is 2.74. The largest absolute Gasteiger partial charge is 0.435 e. The minimum Gasteiger partial charge on any atom is -0.388 e. The van der Waals surface area contributed by atoms with Crippen molar-refractivity contribution in [1.82, 2.24) is 9.78 Å². The summed E-state index contributed by atoms with van der Waals surface area (Å²) in [4.78, 5) is 3.11. The molecule has 2 N–H and O–H groups in total. The van der Waals surface area contributed by atoms with Gasteiger partial charge < -0.3 is 5.73 Å². The zero-order valence-electron chi connectivity index (χ0n) is 15.7. The second-order valence-corrected chi connectivity index (χ2v) is 6.86. The maximum Gasteiger partial charge on any atom is 0.435 e. The average Bonchev–Trinajstić information content (AvgIpc) is 3.06. The van der Waals surface area contributed by atoms with Crippen LogP contribution in [0.1, 0.15) is 22.5 Å². The Kier molecular flexibility index (Phi) is 7.16. The second kappa shape index (κ2) is 9.08. The van der Waals surface area contributed by atoms with E-state index in [0.29, 0.717) is 0 Å². The molecule has 0 bridgehead atoms. The van der Waals surface area contributed by atoms with Gasteiger partial charge in [0.1, 0.15) is 23.5 Å². The first-order valence-electron chi connectivity index (χ1n) is 8.11. The van der Waals surface area contributed by atoms with E-state index in [4.69, 9.17) is 39.5 Å². The number of nitrogens with two attached hydrogens (primary N) is 1. The molecule has 0 saturated heterocycles. The molecule has 0 unspecified atom stereocenters. The maximum atomic E-state index is 13.8. The van der Waals surface area contributed by atoms with E-state index < -0.39 is 72.9 Å². The van der Waals surface area contributed by atoms with Gasteiger partial charge in [-0.15, -0.1) is 0 Å². The van der Waals surface area contributed by atoms with Crippen LogP contribution in [0.4, 0.5) is 39.5 Å². The summed E-state index contributed by atoms with van der Waals surface area (Å²) < 4.78 is 120. The van der Waals surface area contributed by atoms with Gasteiger partial charge in [-0.2, -0.15) is 55.1 Å². The molecule has 2 aromatic rings. The highest BCUT2D eigenvalue weighted by Crippen LogP contribution is 2.43. The minimum atomic E-state index is -5.62. The molecule has 17 heteroatoms. The third kappa shape index (κ3) is 5.37. The second-order valence-electron chi connectivity index (χ2n) is 6.05. The van der Waals surface area contributed by atoms with E-state index in [1.807, 2.05) is 0 Å². The summed E-state index contributed by atoms with van der Waals surface area (Å²) in [5.41, 5.74) is -5.55. The Bertz CT molecular complexity index is 1250. The van der Waals surface area contributed by atoms with Crippen molar-refractivity contribution >= 4 is 29.4 Å². The summed E-state index contributed by atoms with van der Waals surface area (Å²) in [5.74, 6) is 0. The van der Waals surface area contributed by atoms with Gasteiger partial charge in [0, 0.05) is 6.21 Å². The molecule has 0 aliphatic carbocycles. The van der Waals surface area contributed by atoms with E-state index in [1.165, 1.54) is 12.1 Å². The van der Waals surface area contributed by atoms with Crippen molar-refractivity contribution in [3.8, 4) is 17.8 Å². The van der Waals surface area contributed by atoms with Crippen LogP contribution in [0.25, 0.3) is 5.69 Å². The van der Waals surface area contributed by atoms with Crippen molar-refractivity contribution in [2.45, 2.75) is 18.5 Å². The number of rotatable bonds is 3. The highest BCUT2D eigenvalue weighted by atomic mass is 35.5. The summed E-state index contributed by atoms with van der Waals surface area (Å²) >= 11 is 11.3. The molecule has 0 spiro atoms. The van der Waals surface area contributed by atoms with Gasteiger partial charge in [-0.1, -0.05) is 23.2 Å². The zero-order valence-corrected chi connectivity index (χ0v) is 17.2. The molecule has 0 radical (unpaired) electrons. The Labute approximate surface area is 192 Å². The Morgan fingerprint density at radius 1 is 0.941 bits per heavy atom. The first-order chi connectivity index (χ1) is 15.4. The van der Waals surface area contributed by atoms with Crippen LogP contribution < -0.4 is 5.73 Å². The molecule has 180 valence electrons. The van der Waals surface area contributed by atoms with Gasteiger partial charge in [0.15, 0.2) is 17.1 Å². The van der Waals surface area contributed by atoms with Crippen molar-refractivity contribution in [3.05, 3.63) is 56.1 Å². The standard InChI is InChI=1S/C17H5Cl2F9N6/c18-8-1-6(15(20,21)22)2-9(19)12(8)34-14(17(26,27)28)7(13(33-34)16(23,24)25)5-32-11(4-30)10(31)3-29/h1-2,5H,31H2. The van der Waals surface area contributed by atoms with Crippen LogP contribution in [0.15, 0.2) is 28.5 Å². The van der Waals surface area contributed by atoms with E-state index in [2.05, 4.69) is 10.1 Å². The monoisotopic (exact) mass is 534 g/mol. The highest BCUT2D eigenvalue weighted by Gasteiger charge is 2.47. The first kappa shape index (κ1) is 26.8. The normalized spacial score (nSPS) is 13.6. The molecule has 34 heavy (non-hydrogen) atoms. The van der Waals surface area contributed by atoms with Gasteiger partial charge in [0.2, 0.25) is 0 Å². The molecule has 0 atom stereocenters. The van der Waals surface area contributed by atoms with Gasteiger partial charge >= 0.3 is 18.5 Å². The van der Waals surface area contributed by atoms with Crippen LogP contribution in [0.2, 0.25) is 10.0 Å². The lowest BCUT2D eigenvalue weighted by atomic mass is 10.1. The number of aromatic nitrogens is 2. The summed E-state index contributed by atoms with van der Waals surface area (Å²) in [7, 11) is 0. The summed E-state index contributed by atoms with van der Waals surface area (Å²) in [6.07, 6.45) is -16.3. The average molecular weight is 535 g/mol. The lowest BCUT2D eigenvalue weighted by Crippen LogP contribution is -2.16. The lowest BCUT2D eigenvalue weighted by molar-refractivity contribution is -0.144. The van der Waals surface area contributed by atoms with E-state index >= 15 is 0 Å². The van der Waals surface area contributed by atoms with E-state index in [9.17, 15) is 39.5 Å². The fraction of sp³-hybridized carbons (Fsp3) is 0.176. The smallest absolute Gasteiger partial charge is 0.388 e. The number of allylic oxidation sites excluding steroid dienone is 2. The van der Waals surface area contributed by atoms with Gasteiger partial charge in [-0.25, -0.2) is 9.67 Å². The number of aliphatic imine (C=N–C) groups is 1. The predicted octanol–water partition coefficient (Wildman–Crippen LogP) is 5.87. The maximum absolute atomic E-state index is 13.8. The van der Waals surface area contributed by atoms with E-state index in [1.54, 1.807) is 0 Å². The van der Waals surface area contributed by atoms with E-state index in [-0.39, 0.29) is 18.3 Å². The number of nitriles is 2. The third-order valence-corrected chi connectivity index (χ3v) is 4.40. The molecule has 6 nitrogen and oxygen atoms in total. The van der Waals surface area contributed by atoms with Crippen molar-refractivity contribution in [3.63, 3.8) is 0 Å². The molecule has 1 aromatic carbocycles. The Hall–Kier alpha value is -3.43. The van der Waals surface area contributed by atoms with Crippen LogP contribution in [0, 0.1) is 22.7 Å². The SMILES string of the molecule is N#CC(N)=C(C#N)N=Cc1c(C(F)(F)F)nn(-c2c(Cl)cc(C(F)(F)F)cc2Cl)c1C(F)(F)F. The first-order valence-corrected chi connectivity index (χ1v) is 8.87. The van der Waals surface area contributed by atoms with E-state index in [0.717, 1.165) is 0 Å². The van der Waals surface area contributed by atoms with Crippen LogP contribution in [-0.4, -0.2) is 16.0 Å². The van der Waals surface area contributed by atoms with Crippen LogP contribution >= 0.6 is 23.2 Å². The number of halogens is 11. The molecule has 0 fully saturated rings. The molecule has 0 amide bonds. The van der Waals surface area contributed by atoms with Crippen molar-refractivity contribution in [2.75, 3.05) is 0 Å². The van der Waals surface area contributed by atoms with Gasteiger partial charge in [0.25, 0.3) is 0 Å². The predicted molar refractivity (Wildman–Crippen MR) is 98.6 cm³/mol. The fourth-order valence-electron chi connectivity index (χ4n) is 2.47. The Morgan fingerprint density at radius 2 is 1.47 bits per heavy atom. The molecular weight excluding hydrogens is 530 g/mol. The minimum absolute atomic E-state index is 0.0657. The summed E-state index contributed by atoms with van der Waals surface area (Å²) in [5, 5.41) is 18.2. The number of benzene rings is 1. The number of alkyl halides is 9. The molecular formula is C17H5Cl2F9N6. The summed E-state index contributed by atoms with van der Waals surface area (Å²) in [6.45, 7) is 0. The quantitative estimate of drug-likeness (QED) is 0.302.